The predicted molar refractivity (Wildman–Crippen MR) is 270 cm³/mol. The van der Waals surface area contributed by atoms with Crippen molar-refractivity contribution in [3.8, 4) is 0 Å². The summed E-state index contributed by atoms with van der Waals surface area (Å²) >= 11 is 0. The highest BCUT2D eigenvalue weighted by Gasteiger charge is 2.19. The summed E-state index contributed by atoms with van der Waals surface area (Å²) in [5, 5.41) is 0. The molecule has 0 radical (unpaired) electrons. The molecule has 0 aliphatic rings. The van der Waals surface area contributed by atoms with E-state index in [9.17, 15) is 14.4 Å². The minimum Gasteiger partial charge on any atom is -0.462 e. The van der Waals surface area contributed by atoms with Crippen LogP contribution in [0.4, 0.5) is 0 Å². The summed E-state index contributed by atoms with van der Waals surface area (Å²) in [5.74, 6) is -0.878. The first-order chi connectivity index (χ1) is 31.0. The van der Waals surface area contributed by atoms with E-state index in [2.05, 4.69) is 45.1 Å². The Morgan fingerprint density at radius 1 is 0.302 bits per heavy atom. The van der Waals surface area contributed by atoms with E-state index in [-0.39, 0.29) is 31.1 Å². The van der Waals surface area contributed by atoms with Crippen LogP contribution in [-0.4, -0.2) is 37.2 Å². The molecule has 0 fully saturated rings. The van der Waals surface area contributed by atoms with E-state index in [0.29, 0.717) is 19.3 Å². The lowest BCUT2D eigenvalue weighted by molar-refractivity contribution is -0.167. The molecule has 0 saturated heterocycles. The number of carbonyl (C=O) groups excluding carboxylic acids is 3. The Labute approximate surface area is 392 Å². The highest BCUT2D eigenvalue weighted by atomic mass is 16.6. The number of unbranched alkanes of at least 4 members (excludes halogenated alkanes) is 36. The fraction of sp³-hybridized carbons (Fsp3) is 0.877. The van der Waals surface area contributed by atoms with Gasteiger partial charge in [0.25, 0.3) is 0 Å². The lowest BCUT2D eigenvalue weighted by Gasteiger charge is -2.18. The van der Waals surface area contributed by atoms with Gasteiger partial charge in [0.05, 0.1) is 0 Å². The van der Waals surface area contributed by atoms with Gasteiger partial charge in [0, 0.05) is 19.3 Å². The standard InChI is InChI=1S/C57H106O6/c1-4-7-10-13-16-19-22-25-28-29-30-33-35-38-41-44-47-50-56(59)62-53-54(63-57(60)51-48-45-42-39-36-32-27-24-21-18-15-12-9-6-3)52-61-55(58)49-46-43-40-37-34-31-26-23-20-17-14-11-8-5-2/h25,28,32,36,54H,4-24,26-27,29-31,33-35,37-53H2,1-3H3/b28-25-,36-32-. The van der Waals surface area contributed by atoms with Crippen LogP contribution < -0.4 is 0 Å². The van der Waals surface area contributed by atoms with E-state index in [1.165, 1.54) is 193 Å². The first-order valence-electron chi connectivity index (χ1n) is 27.8. The summed E-state index contributed by atoms with van der Waals surface area (Å²) in [6.07, 6.45) is 60.2. The molecular formula is C57H106O6. The third kappa shape index (κ3) is 50.7. The van der Waals surface area contributed by atoms with Crippen molar-refractivity contribution in [1.29, 1.82) is 0 Å². The van der Waals surface area contributed by atoms with Crippen molar-refractivity contribution in [2.75, 3.05) is 13.2 Å². The first kappa shape index (κ1) is 60.9. The molecule has 0 rings (SSSR count). The molecule has 0 aliphatic carbocycles. The Balaban J connectivity index is 4.35. The van der Waals surface area contributed by atoms with Crippen LogP contribution in [0.2, 0.25) is 0 Å². The largest absolute Gasteiger partial charge is 0.462 e. The maximum absolute atomic E-state index is 12.8. The molecule has 0 aromatic rings. The van der Waals surface area contributed by atoms with Crippen LogP contribution in [0.15, 0.2) is 24.3 Å². The van der Waals surface area contributed by atoms with Gasteiger partial charge in [0.15, 0.2) is 6.10 Å². The Kier molecular flexibility index (Phi) is 50.8. The molecule has 0 aromatic carbocycles. The van der Waals surface area contributed by atoms with Gasteiger partial charge in [0.2, 0.25) is 0 Å². The van der Waals surface area contributed by atoms with E-state index in [4.69, 9.17) is 14.2 Å². The summed E-state index contributed by atoms with van der Waals surface area (Å²) < 4.78 is 16.8. The van der Waals surface area contributed by atoms with Gasteiger partial charge in [-0.25, -0.2) is 0 Å². The minimum absolute atomic E-state index is 0.0745. The first-order valence-corrected chi connectivity index (χ1v) is 27.8. The molecule has 63 heavy (non-hydrogen) atoms. The summed E-state index contributed by atoms with van der Waals surface area (Å²) in [4.78, 5) is 38.0. The molecule has 6 heteroatoms. The fourth-order valence-electron chi connectivity index (χ4n) is 8.20. The van der Waals surface area contributed by atoms with Gasteiger partial charge in [-0.05, 0) is 70.6 Å². The van der Waals surface area contributed by atoms with Crippen molar-refractivity contribution in [3.63, 3.8) is 0 Å². The van der Waals surface area contributed by atoms with Crippen LogP contribution >= 0.6 is 0 Å². The second kappa shape index (κ2) is 52.5. The van der Waals surface area contributed by atoms with E-state index in [1.54, 1.807) is 0 Å². The number of carbonyl (C=O) groups is 3. The molecular weight excluding hydrogens is 781 g/mol. The average molecular weight is 887 g/mol. The van der Waals surface area contributed by atoms with Crippen molar-refractivity contribution in [2.45, 2.75) is 309 Å². The summed E-state index contributed by atoms with van der Waals surface area (Å²) in [6.45, 7) is 6.65. The smallest absolute Gasteiger partial charge is 0.306 e. The molecule has 370 valence electrons. The number of allylic oxidation sites excluding steroid dienone is 4. The third-order valence-corrected chi connectivity index (χ3v) is 12.4. The van der Waals surface area contributed by atoms with Crippen LogP contribution in [0.1, 0.15) is 303 Å². The zero-order valence-electron chi connectivity index (χ0n) is 42.4. The van der Waals surface area contributed by atoms with E-state index >= 15 is 0 Å². The minimum atomic E-state index is -0.776. The molecule has 0 spiro atoms. The molecule has 1 atom stereocenters. The molecule has 0 bridgehead atoms. The molecule has 0 saturated carbocycles. The number of esters is 3. The van der Waals surface area contributed by atoms with Crippen LogP contribution in [0.3, 0.4) is 0 Å². The van der Waals surface area contributed by atoms with Gasteiger partial charge in [0.1, 0.15) is 13.2 Å². The second-order valence-electron chi connectivity index (χ2n) is 18.8. The molecule has 0 aromatic heterocycles. The third-order valence-electron chi connectivity index (χ3n) is 12.4. The maximum Gasteiger partial charge on any atom is 0.306 e. The van der Waals surface area contributed by atoms with E-state index < -0.39 is 6.10 Å². The Morgan fingerprint density at radius 2 is 0.524 bits per heavy atom. The van der Waals surface area contributed by atoms with Gasteiger partial charge in [-0.1, -0.05) is 238 Å². The van der Waals surface area contributed by atoms with E-state index in [1.807, 2.05) is 0 Å². The van der Waals surface area contributed by atoms with Crippen LogP contribution in [0, 0.1) is 0 Å². The Bertz CT molecular complexity index is 1020. The lowest BCUT2D eigenvalue weighted by Crippen LogP contribution is -2.30. The lowest BCUT2D eigenvalue weighted by atomic mass is 10.0. The summed E-state index contributed by atoms with van der Waals surface area (Å²) in [5.41, 5.74) is 0. The van der Waals surface area contributed by atoms with Gasteiger partial charge < -0.3 is 14.2 Å². The topological polar surface area (TPSA) is 78.9 Å². The van der Waals surface area contributed by atoms with Gasteiger partial charge >= 0.3 is 17.9 Å². The van der Waals surface area contributed by atoms with Crippen LogP contribution in [-0.2, 0) is 28.6 Å². The quantitative estimate of drug-likeness (QED) is 0.0262. The molecule has 0 heterocycles. The zero-order valence-corrected chi connectivity index (χ0v) is 42.4. The van der Waals surface area contributed by atoms with Gasteiger partial charge in [-0.3, -0.25) is 14.4 Å². The van der Waals surface area contributed by atoms with E-state index in [0.717, 1.165) is 70.6 Å². The molecule has 1 unspecified atom stereocenters. The summed E-state index contributed by atoms with van der Waals surface area (Å²) in [6, 6.07) is 0. The Hall–Kier alpha value is -2.11. The van der Waals surface area contributed by atoms with Crippen molar-refractivity contribution < 1.29 is 28.6 Å². The Morgan fingerprint density at radius 3 is 0.810 bits per heavy atom. The van der Waals surface area contributed by atoms with Crippen molar-refractivity contribution in [3.05, 3.63) is 24.3 Å². The van der Waals surface area contributed by atoms with Crippen molar-refractivity contribution >= 4 is 17.9 Å². The highest BCUT2D eigenvalue weighted by molar-refractivity contribution is 5.71. The number of rotatable bonds is 51. The predicted octanol–water partition coefficient (Wildman–Crippen LogP) is 18.3. The zero-order chi connectivity index (χ0) is 45.8. The second-order valence-corrected chi connectivity index (χ2v) is 18.8. The number of hydrogen-bond acceptors (Lipinski definition) is 6. The van der Waals surface area contributed by atoms with Crippen LogP contribution in [0.5, 0.6) is 0 Å². The van der Waals surface area contributed by atoms with Crippen LogP contribution in [0.25, 0.3) is 0 Å². The highest BCUT2D eigenvalue weighted by Crippen LogP contribution is 2.16. The summed E-state index contributed by atoms with van der Waals surface area (Å²) in [7, 11) is 0. The van der Waals surface area contributed by atoms with Crippen molar-refractivity contribution in [2.24, 2.45) is 0 Å². The average Bonchev–Trinajstić information content (AvgIpc) is 3.28. The van der Waals surface area contributed by atoms with Gasteiger partial charge in [-0.15, -0.1) is 0 Å². The fourth-order valence-corrected chi connectivity index (χ4v) is 8.20. The van der Waals surface area contributed by atoms with Gasteiger partial charge in [-0.2, -0.15) is 0 Å². The number of ether oxygens (including phenoxy) is 3. The molecule has 6 nitrogen and oxygen atoms in total. The molecule has 0 amide bonds. The monoisotopic (exact) mass is 887 g/mol. The maximum atomic E-state index is 12.8. The SMILES string of the molecule is CCCCCCCC/C=C\CCCCCCCCCC(=O)OCC(COC(=O)CCCCCCCCCCCCCCCC)OC(=O)CCCCC/C=C\CCCCCCCCC. The molecule has 0 aliphatic heterocycles. The normalized spacial score (nSPS) is 12.1. The molecule has 0 N–H and O–H groups in total. The van der Waals surface area contributed by atoms with Crippen molar-refractivity contribution in [1.82, 2.24) is 0 Å². The number of hydrogen-bond donors (Lipinski definition) is 0.